The molecule has 1 aliphatic rings. The second kappa shape index (κ2) is 8.43. The largest absolute Gasteiger partial charge is 0.496 e. The van der Waals surface area contributed by atoms with Gasteiger partial charge in [0.1, 0.15) is 5.75 Å². The van der Waals surface area contributed by atoms with E-state index >= 15 is 0 Å². The van der Waals surface area contributed by atoms with Crippen LogP contribution in [-0.2, 0) is 6.42 Å². The maximum atomic E-state index is 5.47. The van der Waals surface area contributed by atoms with Gasteiger partial charge in [-0.3, -0.25) is 0 Å². The molecule has 0 spiro atoms. The van der Waals surface area contributed by atoms with Crippen LogP contribution >= 0.6 is 0 Å². The van der Waals surface area contributed by atoms with Crippen molar-refractivity contribution in [2.75, 3.05) is 7.11 Å². The van der Waals surface area contributed by atoms with Crippen molar-refractivity contribution in [1.29, 1.82) is 0 Å². The van der Waals surface area contributed by atoms with Crippen LogP contribution in [0.25, 0.3) is 0 Å². The molecule has 2 atom stereocenters. The summed E-state index contributed by atoms with van der Waals surface area (Å²) in [6.45, 7) is 4.63. The molecule has 1 saturated carbocycles. The van der Waals surface area contributed by atoms with Gasteiger partial charge in [0.25, 0.3) is 0 Å². The second-order valence-corrected chi connectivity index (χ2v) is 6.50. The molecule has 118 valence electrons. The van der Waals surface area contributed by atoms with Gasteiger partial charge in [0.15, 0.2) is 0 Å². The van der Waals surface area contributed by atoms with Crippen LogP contribution < -0.4 is 10.1 Å². The van der Waals surface area contributed by atoms with Gasteiger partial charge in [-0.15, -0.1) is 0 Å². The lowest BCUT2D eigenvalue weighted by Gasteiger charge is -2.32. The minimum Gasteiger partial charge on any atom is -0.496 e. The molecule has 2 heteroatoms. The molecule has 0 bridgehead atoms. The first-order valence-electron chi connectivity index (χ1n) is 8.62. The van der Waals surface area contributed by atoms with Crippen molar-refractivity contribution in [2.45, 2.75) is 70.9 Å². The average molecular weight is 289 g/mol. The first kappa shape index (κ1) is 16.4. The van der Waals surface area contributed by atoms with E-state index in [9.17, 15) is 0 Å². The predicted octanol–water partition coefficient (Wildman–Crippen LogP) is 4.57. The summed E-state index contributed by atoms with van der Waals surface area (Å²) in [5.74, 6) is 1.89. The third-order valence-electron chi connectivity index (χ3n) is 4.88. The Kier molecular flexibility index (Phi) is 6.56. The zero-order chi connectivity index (χ0) is 15.1. The van der Waals surface area contributed by atoms with Crippen LogP contribution in [0.1, 0.15) is 57.9 Å². The van der Waals surface area contributed by atoms with Crippen molar-refractivity contribution in [1.82, 2.24) is 5.32 Å². The topological polar surface area (TPSA) is 21.3 Å². The highest BCUT2D eigenvalue weighted by Crippen LogP contribution is 2.28. The van der Waals surface area contributed by atoms with Gasteiger partial charge in [-0.05, 0) is 50.2 Å². The van der Waals surface area contributed by atoms with Gasteiger partial charge in [-0.2, -0.15) is 0 Å². The third kappa shape index (κ3) is 4.74. The quantitative estimate of drug-likeness (QED) is 0.793. The lowest BCUT2D eigenvalue weighted by Crippen LogP contribution is -2.42. The summed E-state index contributed by atoms with van der Waals surface area (Å²) in [5, 5.41) is 3.88. The van der Waals surface area contributed by atoms with Crippen molar-refractivity contribution >= 4 is 0 Å². The van der Waals surface area contributed by atoms with Crippen molar-refractivity contribution < 1.29 is 4.74 Å². The Morgan fingerprint density at radius 3 is 2.57 bits per heavy atom. The first-order valence-corrected chi connectivity index (χ1v) is 8.62. The molecule has 0 amide bonds. The van der Waals surface area contributed by atoms with E-state index in [4.69, 9.17) is 4.74 Å². The van der Waals surface area contributed by atoms with Crippen LogP contribution in [0, 0.1) is 5.92 Å². The van der Waals surface area contributed by atoms with Crippen LogP contribution in [-0.4, -0.2) is 19.2 Å². The normalized spacial score (nSPS) is 19.2. The summed E-state index contributed by atoms with van der Waals surface area (Å²) < 4.78 is 5.47. The average Bonchev–Trinajstić information content (AvgIpc) is 2.54. The SMILES string of the molecule is CCC(NC(C)Cc1ccccc1OC)C1CCCCC1. The maximum absolute atomic E-state index is 5.47. The Bertz CT molecular complexity index is 412. The van der Waals surface area contributed by atoms with E-state index in [-0.39, 0.29) is 0 Å². The van der Waals surface area contributed by atoms with Crippen LogP contribution in [0.5, 0.6) is 5.75 Å². The third-order valence-corrected chi connectivity index (χ3v) is 4.88. The Morgan fingerprint density at radius 2 is 1.90 bits per heavy atom. The summed E-state index contributed by atoms with van der Waals surface area (Å²) >= 11 is 0. The van der Waals surface area contributed by atoms with Gasteiger partial charge >= 0.3 is 0 Å². The molecule has 1 N–H and O–H groups in total. The molecule has 2 nitrogen and oxygen atoms in total. The smallest absolute Gasteiger partial charge is 0.122 e. The van der Waals surface area contributed by atoms with E-state index in [0.29, 0.717) is 12.1 Å². The molecule has 1 fully saturated rings. The fraction of sp³-hybridized carbons (Fsp3) is 0.684. The van der Waals surface area contributed by atoms with Crippen molar-refractivity contribution in [3.63, 3.8) is 0 Å². The predicted molar refractivity (Wildman–Crippen MR) is 89.9 cm³/mol. The Hall–Kier alpha value is -1.02. The number of hydrogen-bond acceptors (Lipinski definition) is 2. The molecule has 0 aliphatic heterocycles. The molecule has 0 heterocycles. The van der Waals surface area contributed by atoms with E-state index in [2.05, 4.69) is 37.4 Å². The lowest BCUT2D eigenvalue weighted by molar-refractivity contribution is 0.248. The van der Waals surface area contributed by atoms with Crippen molar-refractivity contribution in [3.8, 4) is 5.75 Å². The van der Waals surface area contributed by atoms with E-state index < -0.39 is 0 Å². The minimum absolute atomic E-state index is 0.494. The first-order chi connectivity index (χ1) is 10.2. The summed E-state index contributed by atoms with van der Waals surface area (Å²) in [6, 6.07) is 9.54. The summed E-state index contributed by atoms with van der Waals surface area (Å²) in [4.78, 5) is 0. The van der Waals surface area contributed by atoms with Gasteiger partial charge in [0.2, 0.25) is 0 Å². The van der Waals surface area contributed by atoms with E-state index in [0.717, 1.165) is 18.1 Å². The Balaban J connectivity index is 1.91. The monoisotopic (exact) mass is 289 g/mol. The zero-order valence-corrected chi connectivity index (χ0v) is 13.9. The number of rotatable bonds is 7. The molecule has 2 unspecified atom stereocenters. The molecule has 21 heavy (non-hydrogen) atoms. The number of hydrogen-bond donors (Lipinski definition) is 1. The van der Waals surface area contributed by atoms with E-state index in [1.807, 2.05) is 6.07 Å². The molecule has 0 saturated heterocycles. The molecule has 0 aromatic heterocycles. The minimum atomic E-state index is 0.494. The molecule has 0 radical (unpaired) electrons. The number of nitrogens with one attached hydrogen (secondary N) is 1. The van der Waals surface area contributed by atoms with Crippen molar-refractivity contribution in [2.24, 2.45) is 5.92 Å². The highest BCUT2D eigenvalue weighted by molar-refractivity contribution is 5.33. The van der Waals surface area contributed by atoms with Crippen LogP contribution in [0.2, 0.25) is 0 Å². The Labute approximate surface area is 130 Å². The number of para-hydroxylation sites is 1. The molecule has 1 aliphatic carbocycles. The molecule has 1 aromatic rings. The molecular weight excluding hydrogens is 258 g/mol. The number of ether oxygens (including phenoxy) is 1. The van der Waals surface area contributed by atoms with Crippen LogP contribution in [0.3, 0.4) is 0 Å². The van der Waals surface area contributed by atoms with Gasteiger partial charge < -0.3 is 10.1 Å². The fourth-order valence-electron chi connectivity index (χ4n) is 3.75. The van der Waals surface area contributed by atoms with E-state index in [1.165, 1.54) is 44.1 Å². The number of methoxy groups -OCH3 is 1. The Morgan fingerprint density at radius 1 is 1.19 bits per heavy atom. The highest BCUT2D eigenvalue weighted by atomic mass is 16.5. The zero-order valence-electron chi connectivity index (χ0n) is 13.9. The van der Waals surface area contributed by atoms with Crippen LogP contribution in [0.15, 0.2) is 24.3 Å². The molecule has 2 rings (SSSR count). The summed E-state index contributed by atoms with van der Waals surface area (Å²) in [5.41, 5.74) is 1.30. The lowest BCUT2D eigenvalue weighted by atomic mass is 9.82. The maximum Gasteiger partial charge on any atom is 0.122 e. The van der Waals surface area contributed by atoms with Gasteiger partial charge in [0, 0.05) is 12.1 Å². The van der Waals surface area contributed by atoms with Crippen LogP contribution in [0.4, 0.5) is 0 Å². The molecule has 1 aromatic carbocycles. The highest BCUT2D eigenvalue weighted by Gasteiger charge is 2.23. The van der Waals surface area contributed by atoms with Gasteiger partial charge in [-0.25, -0.2) is 0 Å². The van der Waals surface area contributed by atoms with Gasteiger partial charge in [-0.1, -0.05) is 44.4 Å². The van der Waals surface area contributed by atoms with E-state index in [1.54, 1.807) is 7.11 Å². The molecular formula is C19H31NO. The number of benzene rings is 1. The summed E-state index contributed by atoms with van der Waals surface area (Å²) in [6.07, 6.45) is 9.37. The van der Waals surface area contributed by atoms with Crippen molar-refractivity contribution in [3.05, 3.63) is 29.8 Å². The van der Waals surface area contributed by atoms with Gasteiger partial charge in [0.05, 0.1) is 7.11 Å². The second-order valence-electron chi connectivity index (χ2n) is 6.50. The summed E-state index contributed by atoms with van der Waals surface area (Å²) in [7, 11) is 1.76. The fourth-order valence-corrected chi connectivity index (χ4v) is 3.75. The standard InChI is InChI=1S/C19H31NO/c1-4-18(16-10-6-5-7-11-16)20-15(2)14-17-12-8-9-13-19(17)21-3/h8-9,12-13,15-16,18,20H,4-7,10-11,14H2,1-3H3.